The van der Waals surface area contributed by atoms with Crippen LogP contribution in [0, 0.1) is 0 Å². The maximum absolute atomic E-state index is 4.58. The monoisotopic (exact) mass is 227 g/mol. The summed E-state index contributed by atoms with van der Waals surface area (Å²) < 4.78 is 0. The van der Waals surface area contributed by atoms with Crippen molar-refractivity contribution in [3.05, 3.63) is 42.2 Å². The zero-order valence-electron chi connectivity index (χ0n) is 10.1. The minimum Gasteiger partial charge on any atom is -0.306 e. The van der Waals surface area contributed by atoms with E-state index in [0.717, 1.165) is 19.6 Å². The lowest BCUT2D eigenvalue weighted by Gasteiger charge is -2.31. The maximum atomic E-state index is 4.58. The van der Waals surface area contributed by atoms with Gasteiger partial charge in [0.25, 0.3) is 0 Å². The van der Waals surface area contributed by atoms with Crippen molar-refractivity contribution in [2.24, 2.45) is 0 Å². The Morgan fingerprint density at radius 1 is 1.29 bits per heavy atom. The highest BCUT2D eigenvalue weighted by Gasteiger charge is 2.20. The Balaban J connectivity index is 2.04. The predicted molar refractivity (Wildman–Crippen MR) is 70.0 cm³/mol. The summed E-state index contributed by atoms with van der Waals surface area (Å²) in [5.41, 5.74) is 1.18. The Hall–Kier alpha value is -1.45. The van der Waals surface area contributed by atoms with Crippen LogP contribution in [0.1, 0.15) is 11.7 Å². The number of hydrogen-bond donors (Lipinski definition) is 1. The summed E-state index contributed by atoms with van der Waals surface area (Å²) in [6.45, 7) is 3.17. The number of rotatable bonds is 1. The molecular weight excluding hydrogens is 210 g/mol. The number of aromatic nitrogens is 1. The van der Waals surface area contributed by atoms with Crippen molar-refractivity contribution in [2.75, 3.05) is 26.7 Å². The van der Waals surface area contributed by atoms with Gasteiger partial charge < -0.3 is 10.2 Å². The van der Waals surface area contributed by atoms with Crippen LogP contribution < -0.4 is 5.32 Å². The van der Waals surface area contributed by atoms with Gasteiger partial charge in [0.2, 0.25) is 0 Å². The maximum Gasteiger partial charge on any atom is 0.0664 e. The normalized spacial score (nSPS) is 21.8. The predicted octanol–water partition coefficient (Wildman–Crippen LogP) is 1.81. The largest absolute Gasteiger partial charge is 0.306 e. The highest BCUT2D eigenvalue weighted by atomic mass is 15.2. The smallest absolute Gasteiger partial charge is 0.0664 e. The molecule has 3 heteroatoms. The second kappa shape index (κ2) is 4.43. The van der Waals surface area contributed by atoms with Crippen LogP contribution in [0.2, 0.25) is 0 Å². The highest BCUT2D eigenvalue weighted by Crippen LogP contribution is 2.23. The summed E-state index contributed by atoms with van der Waals surface area (Å²) in [4.78, 5) is 6.93. The van der Waals surface area contributed by atoms with Crippen LogP contribution in [0.4, 0.5) is 0 Å². The molecule has 2 aromatic rings. The van der Waals surface area contributed by atoms with Gasteiger partial charge >= 0.3 is 0 Å². The van der Waals surface area contributed by atoms with E-state index < -0.39 is 0 Å². The third kappa shape index (κ3) is 2.04. The van der Waals surface area contributed by atoms with Gasteiger partial charge in [0.1, 0.15) is 0 Å². The Kier molecular flexibility index (Phi) is 2.79. The molecular formula is C14H17N3. The van der Waals surface area contributed by atoms with Crippen LogP contribution in [0.3, 0.4) is 0 Å². The van der Waals surface area contributed by atoms with Crippen molar-refractivity contribution in [3.63, 3.8) is 0 Å². The first kappa shape index (κ1) is 10.7. The number of nitrogens with one attached hydrogen (secondary N) is 1. The van der Waals surface area contributed by atoms with Crippen molar-refractivity contribution in [1.82, 2.24) is 15.2 Å². The summed E-state index contributed by atoms with van der Waals surface area (Å²) >= 11 is 0. The first-order chi connectivity index (χ1) is 8.34. The molecule has 1 aromatic heterocycles. The number of likely N-dealkylation sites (N-methyl/N-ethyl adjacent to an activating group) is 1. The fourth-order valence-corrected chi connectivity index (χ4v) is 2.50. The molecule has 1 aromatic carbocycles. The summed E-state index contributed by atoms with van der Waals surface area (Å²) in [7, 11) is 2.17. The van der Waals surface area contributed by atoms with E-state index in [1.807, 2.05) is 6.20 Å². The van der Waals surface area contributed by atoms with Gasteiger partial charge in [-0.05, 0) is 18.5 Å². The molecule has 2 heterocycles. The van der Waals surface area contributed by atoms with E-state index in [1.165, 1.54) is 16.5 Å². The van der Waals surface area contributed by atoms with E-state index in [-0.39, 0.29) is 0 Å². The zero-order valence-corrected chi connectivity index (χ0v) is 10.1. The number of fused-ring (bicyclic) bond motifs is 1. The average molecular weight is 227 g/mol. The molecule has 1 aliphatic heterocycles. The Morgan fingerprint density at radius 2 is 2.18 bits per heavy atom. The third-order valence-electron chi connectivity index (χ3n) is 3.41. The van der Waals surface area contributed by atoms with Crippen LogP contribution in [-0.2, 0) is 0 Å². The van der Waals surface area contributed by atoms with Gasteiger partial charge in [0.05, 0.1) is 11.7 Å². The molecule has 1 aliphatic rings. The molecule has 0 amide bonds. The summed E-state index contributed by atoms with van der Waals surface area (Å²) in [5.74, 6) is 0. The molecule has 1 atom stereocenters. The van der Waals surface area contributed by atoms with Crippen LogP contribution in [0.15, 0.2) is 36.5 Å². The number of pyridine rings is 1. The fourth-order valence-electron chi connectivity index (χ4n) is 2.50. The van der Waals surface area contributed by atoms with Gasteiger partial charge in [0, 0.05) is 31.2 Å². The molecule has 3 rings (SSSR count). The lowest BCUT2D eigenvalue weighted by Crippen LogP contribution is -2.44. The van der Waals surface area contributed by atoms with E-state index in [2.05, 4.69) is 52.6 Å². The van der Waals surface area contributed by atoms with E-state index in [0.29, 0.717) is 6.04 Å². The average Bonchev–Trinajstić information content (AvgIpc) is 2.38. The second-order valence-electron chi connectivity index (χ2n) is 4.69. The lowest BCUT2D eigenvalue weighted by atomic mass is 10.0. The van der Waals surface area contributed by atoms with Gasteiger partial charge in [-0.15, -0.1) is 0 Å². The Bertz CT molecular complexity index is 518. The van der Waals surface area contributed by atoms with Crippen molar-refractivity contribution in [2.45, 2.75) is 6.04 Å². The molecule has 1 unspecified atom stereocenters. The molecule has 3 nitrogen and oxygen atoms in total. The molecule has 0 aliphatic carbocycles. The lowest BCUT2D eigenvalue weighted by molar-refractivity contribution is 0.239. The van der Waals surface area contributed by atoms with Crippen molar-refractivity contribution in [3.8, 4) is 0 Å². The topological polar surface area (TPSA) is 28.2 Å². The molecule has 1 N–H and O–H groups in total. The SMILES string of the molecule is CN1CCNC(c2nccc3ccccc23)C1. The second-order valence-corrected chi connectivity index (χ2v) is 4.69. The summed E-state index contributed by atoms with van der Waals surface area (Å²) in [6.07, 6.45) is 1.91. The van der Waals surface area contributed by atoms with Gasteiger partial charge in [-0.25, -0.2) is 0 Å². The van der Waals surface area contributed by atoms with Gasteiger partial charge in [0.15, 0.2) is 0 Å². The molecule has 0 bridgehead atoms. The minimum atomic E-state index is 0.347. The molecule has 0 saturated carbocycles. The first-order valence-electron chi connectivity index (χ1n) is 6.10. The molecule has 1 saturated heterocycles. The standard InChI is InChI=1S/C14H17N3/c1-17-9-8-15-13(10-17)14-12-5-3-2-4-11(12)6-7-16-14/h2-7,13,15H,8-10H2,1H3. The minimum absolute atomic E-state index is 0.347. The zero-order chi connectivity index (χ0) is 11.7. The fraction of sp³-hybridized carbons (Fsp3) is 0.357. The Labute approximate surface area is 101 Å². The summed E-state index contributed by atoms with van der Waals surface area (Å²) in [6, 6.07) is 10.9. The van der Waals surface area contributed by atoms with Crippen LogP contribution in [-0.4, -0.2) is 36.6 Å². The number of nitrogens with zero attached hydrogens (tertiary/aromatic N) is 2. The molecule has 88 valence electrons. The van der Waals surface area contributed by atoms with Crippen molar-refractivity contribution in [1.29, 1.82) is 0 Å². The van der Waals surface area contributed by atoms with Gasteiger partial charge in [-0.2, -0.15) is 0 Å². The number of piperazine rings is 1. The van der Waals surface area contributed by atoms with E-state index in [1.54, 1.807) is 0 Å². The molecule has 1 fully saturated rings. The molecule has 17 heavy (non-hydrogen) atoms. The van der Waals surface area contributed by atoms with E-state index in [9.17, 15) is 0 Å². The quantitative estimate of drug-likeness (QED) is 0.805. The van der Waals surface area contributed by atoms with Crippen molar-refractivity contribution >= 4 is 10.8 Å². The molecule has 0 radical (unpaired) electrons. The van der Waals surface area contributed by atoms with Crippen molar-refractivity contribution < 1.29 is 0 Å². The van der Waals surface area contributed by atoms with Crippen LogP contribution >= 0.6 is 0 Å². The Morgan fingerprint density at radius 3 is 3.06 bits per heavy atom. The highest BCUT2D eigenvalue weighted by molar-refractivity contribution is 5.84. The van der Waals surface area contributed by atoms with E-state index >= 15 is 0 Å². The van der Waals surface area contributed by atoms with Crippen LogP contribution in [0.25, 0.3) is 10.8 Å². The van der Waals surface area contributed by atoms with Crippen LogP contribution in [0.5, 0.6) is 0 Å². The number of hydrogen-bond acceptors (Lipinski definition) is 3. The number of benzene rings is 1. The van der Waals surface area contributed by atoms with Gasteiger partial charge in [-0.3, -0.25) is 4.98 Å². The first-order valence-corrected chi connectivity index (χ1v) is 6.10. The van der Waals surface area contributed by atoms with Gasteiger partial charge in [-0.1, -0.05) is 24.3 Å². The molecule has 0 spiro atoms. The third-order valence-corrected chi connectivity index (χ3v) is 3.41. The van der Waals surface area contributed by atoms with E-state index in [4.69, 9.17) is 0 Å². The summed E-state index contributed by atoms with van der Waals surface area (Å²) in [5, 5.41) is 6.09.